The van der Waals surface area contributed by atoms with Crippen molar-refractivity contribution in [3.63, 3.8) is 0 Å². The zero-order valence-corrected chi connectivity index (χ0v) is 34.0. The molecule has 3 N–H and O–H groups in total. The number of aliphatic hydroxyl groups is 3. The standard InChI is InChI=1S/C45H80O8/c1-3-5-7-8-9-10-11-12-13-14-15-16-17-18-19-20-21-22-27-31-44(50)52-37-39(36-46)53-45(51)32-28-24-23-26-30-40-41(43(49)35-42(40)48)34-33-38(47)29-25-6-4-2/h23,26,33-34,38-42,46-48H,3-22,24-25,27-32,35-37H2,1-2H3/b26-23-,34-33+/t38-,39-,40+,41+,42-/m0/s1. The second-order valence-electron chi connectivity index (χ2n) is 15.6. The maximum atomic E-state index is 12.4. The van der Waals surface area contributed by atoms with Crippen LogP contribution in [0.4, 0.5) is 0 Å². The number of esters is 2. The summed E-state index contributed by atoms with van der Waals surface area (Å²) in [7, 11) is 0. The Morgan fingerprint density at radius 3 is 1.77 bits per heavy atom. The highest BCUT2D eigenvalue weighted by Crippen LogP contribution is 2.33. The molecule has 8 nitrogen and oxygen atoms in total. The molecular weight excluding hydrogens is 668 g/mol. The fraction of sp³-hybridized carbons (Fsp3) is 0.844. The summed E-state index contributed by atoms with van der Waals surface area (Å²) in [6.07, 6.45) is 36.0. The maximum Gasteiger partial charge on any atom is 0.306 e. The van der Waals surface area contributed by atoms with Gasteiger partial charge in [-0.1, -0.05) is 173 Å². The van der Waals surface area contributed by atoms with Gasteiger partial charge in [-0.3, -0.25) is 14.4 Å². The van der Waals surface area contributed by atoms with E-state index in [4.69, 9.17) is 9.47 Å². The van der Waals surface area contributed by atoms with Crippen molar-refractivity contribution in [3.05, 3.63) is 24.3 Å². The number of ketones is 1. The number of allylic oxidation sites excluding steroid dienone is 3. The van der Waals surface area contributed by atoms with Crippen molar-refractivity contribution in [1.29, 1.82) is 0 Å². The quantitative estimate of drug-likeness (QED) is 0.0328. The number of rotatable bonds is 36. The Hall–Kier alpha value is -2.03. The van der Waals surface area contributed by atoms with Crippen LogP contribution in [-0.2, 0) is 23.9 Å². The lowest BCUT2D eigenvalue weighted by Crippen LogP contribution is -2.28. The van der Waals surface area contributed by atoms with Gasteiger partial charge in [0.05, 0.1) is 18.8 Å². The molecule has 0 spiro atoms. The molecule has 0 bridgehead atoms. The lowest BCUT2D eigenvalue weighted by Gasteiger charge is -2.17. The van der Waals surface area contributed by atoms with E-state index >= 15 is 0 Å². The van der Waals surface area contributed by atoms with Gasteiger partial charge in [0.25, 0.3) is 0 Å². The van der Waals surface area contributed by atoms with E-state index in [0.29, 0.717) is 32.1 Å². The fourth-order valence-corrected chi connectivity index (χ4v) is 7.18. The normalized spacial score (nSPS) is 18.7. The second-order valence-corrected chi connectivity index (χ2v) is 15.6. The molecule has 0 aromatic carbocycles. The molecule has 1 aliphatic rings. The largest absolute Gasteiger partial charge is 0.462 e. The van der Waals surface area contributed by atoms with Crippen LogP contribution >= 0.6 is 0 Å². The van der Waals surface area contributed by atoms with Crippen molar-refractivity contribution in [2.24, 2.45) is 11.8 Å². The van der Waals surface area contributed by atoms with E-state index in [2.05, 4.69) is 13.8 Å². The van der Waals surface area contributed by atoms with Gasteiger partial charge in [-0.2, -0.15) is 0 Å². The van der Waals surface area contributed by atoms with E-state index in [-0.39, 0.29) is 37.1 Å². The van der Waals surface area contributed by atoms with Crippen molar-refractivity contribution >= 4 is 17.7 Å². The zero-order valence-electron chi connectivity index (χ0n) is 34.0. The Bertz CT molecular complexity index is 962. The molecule has 0 aliphatic heterocycles. The second kappa shape index (κ2) is 34.5. The summed E-state index contributed by atoms with van der Waals surface area (Å²) >= 11 is 0. The van der Waals surface area contributed by atoms with Gasteiger partial charge in [-0.25, -0.2) is 0 Å². The van der Waals surface area contributed by atoms with E-state index in [1.807, 2.05) is 12.2 Å². The first-order valence-corrected chi connectivity index (χ1v) is 22.0. The van der Waals surface area contributed by atoms with Crippen molar-refractivity contribution in [3.8, 4) is 0 Å². The Labute approximate surface area is 324 Å². The molecule has 0 radical (unpaired) electrons. The summed E-state index contributed by atoms with van der Waals surface area (Å²) in [4.78, 5) is 36.9. The third-order valence-electron chi connectivity index (χ3n) is 10.6. The van der Waals surface area contributed by atoms with Crippen LogP contribution in [0.15, 0.2) is 24.3 Å². The summed E-state index contributed by atoms with van der Waals surface area (Å²) < 4.78 is 10.6. The van der Waals surface area contributed by atoms with Crippen LogP contribution in [0, 0.1) is 11.8 Å². The van der Waals surface area contributed by atoms with Gasteiger partial charge in [0.15, 0.2) is 6.10 Å². The molecule has 1 saturated carbocycles. The van der Waals surface area contributed by atoms with Gasteiger partial charge in [0.2, 0.25) is 0 Å². The van der Waals surface area contributed by atoms with E-state index in [0.717, 1.165) is 38.5 Å². The van der Waals surface area contributed by atoms with E-state index < -0.39 is 36.8 Å². The fourth-order valence-electron chi connectivity index (χ4n) is 7.18. The molecule has 0 aromatic heterocycles. The minimum Gasteiger partial charge on any atom is -0.462 e. The molecule has 1 fully saturated rings. The monoisotopic (exact) mass is 749 g/mol. The molecular formula is C45H80O8. The predicted octanol–water partition coefficient (Wildman–Crippen LogP) is 10.4. The molecule has 8 heteroatoms. The molecule has 0 saturated heterocycles. The first-order chi connectivity index (χ1) is 25.8. The molecule has 1 aliphatic carbocycles. The zero-order chi connectivity index (χ0) is 38.8. The van der Waals surface area contributed by atoms with Crippen molar-refractivity contribution in [2.45, 2.75) is 218 Å². The Morgan fingerprint density at radius 2 is 1.23 bits per heavy atom. The summed E-state index contributed by atoms with van der Waals surface area (Å²) in [6, 6.07) is 0. The van der Waals surface area contributed by atoms with E-state index in [1.165, 1.54) is 103 Å². The average Bonchev–Trinajstić information content (AvgIpc) is 3.42. The Morgan fingerprint density at radius 1 is 0.717 bits per heavy atom. The summed E-state index contributed by atoms with van der Waals surface area (Å²) in [5.41, 5.74) is 0. The van der Waals surface area contributed by atoms with Gasteiger partial charge in [0.1, 0.15) is 12.4 Å². The van der Waals surface area contributed by atoms with Crippen molar-refractivity contribution in [2.75, 3.05) is 13.2 Å². The highest BCUT2D eigenvalue weighted by atomic mass is 16.6. The summed E-state index contributed by atoms with van der Waals surface area (Å²) in [5, 5.41) is 30.2. The van der Waals surface area contributed by atoms with Gasteiger partial charge < -0.3 is 24.8 Å². The number of hydrogen-bond acceptors (Lipinski definition) is 8. The van der Waals surface area contributed by atoms with Gasteiger partial charge in [-0.15, -0.1) is 0 Å². The van der Waals surface area contributed by atoms with Crippen LogP contribution in [0.3, 0.4) is 0 Å². The molecule has 1 rings (SSSR count). The van der Waals surface area contributed by atoms with Gasteiger partial charge >= 0.3 is 11.9 Å². The predicted molar refractivity (Wildman–Crippen MR) is 215 cm³/mol. The number of hydrogen-bond donors (Lipinski definition) is 3. The van der Waals surface area contributed by atoms with Gasteiger partial charge in [-0.05, 0) is 32.1 Å². The minimum atomic E-state index is -0.872. The highest BCUT2D eigenvalue weighted by molar-refractivity contribution is 5.86. The topological polar surface area (TPSA) is 130 Å². The first kappa shape index (κ1) is 49.0. The molecule has 0 unspecified atom stereocenters. The SMILES string of the molecule is CCCCCCCCCCCCCCCCCCCCCC(=O)OC[C@H](CO)OC(=O)CCC/C=C\C[C@H]1[C@@H](O)CC(=O)[C@@H]1/C=C/[C@@H](O)CCCCC. The van der Waals surface area contributed by atoms with Crippen LogP contribution in [0.1, 0.15) is 200 Å². The van der Waals surface area contributed by atoms with Crippen LogP contribution in [0.25, 0.3) is 0 Å². The number of ether oxygens (including phenoxy) is 2. The summed E-state index contributed by atoms with van der Waals surface area (Å²) in [6.45, 7) is 3.83. The summed E-state index contributed by atoms with van der Waals surface area (Å²) in [5.74, 6) is -1.40. The number of aliphatic hydroxyl groups excluding tert-OH is 3. The van der Waals surface area contributed by atoms with Crippen LogP contribution in [-0.4, -0.2) is 64.6 Å². The Balaban J connectivity index is 2.05. The van der Waals surface area contributed by atoms with Gasteiger partial charge in [0, 0.05) is 31.1 Å². The average molecular weight is 749 g/mol. The van der Waals surface area contributed by atoms with Crippen LogP contribution in [0.2, 0.25) is 0 Å². The smallest absolute Gasteiger partial charge is 0.306 e. The maximum absolute atomic E-state index is 12.4. The van der Waals surface area contributed by atoms with Crippen LogP contribution < -0.4 is 0 Å². The molecule has 0 heterocycles. The van der Waals surface area contributed by atoms with E-state index in [1.54, 1.807) is 12.2 Å². The number of Topliss-reactive ketones (excluding diaryl/α,β-unsaturated/α-hetero) is 1. The number of carbonyl (C=O) groups is 3. The molecule has 308 valence electrons. The van der Waals surface area contributed by atoms with Crippen LogP contribution in [0.5, 0.6) is 0 Å². The van der Waals surface area contributed by atoms with E-state index in [9.17, 15) is 29.7 Å². The number of carbonyl (C=O) groups excluding carboxylic acids is 3. The third kappa shape index (κ3) is 27.2. The molecule has 0 amide bonds. The lowest BCUT2D eigenvalue weighted by atomic mass is 9.90. The molecule has 5 atom stereocenters. The lowest BCUT2D eigenvalue weighted by molar-refractivity contribution is -0.161. The molecule has 0 aromatic rings. The van der Waals surface area contributed by atoms with Crippen molar-refractivity contribution < 1.29 is 39.2 Å². The third-order valence-corrected chi connectivity index (χ3v) is 10.6. The first-order valence-electron chi connectivity index (χ1n) is 22.0. The number of unbranched alkanes of at least 4 members (excludes halogenated alkanes) is 21. The molecule has 53 heavy (non-hydrogen) atoms. The minimum absolute atomic E-state index is 0.000473. The van der Waals surface area contributed by atoms with Crippen molar-refractivity contribution in [1.82, 2.24) is 0 Å². The Kier molecular flexibility index (Phi) is 31.9. The highest BCUT2D eigenvalue weighted by Gasteiger charge is 2.39.